The van der Waals surface area contributed by atoms with Gasteiger partial charge in [0.1, 0.15) is 22.7 Å². The van der Waals surface area contributed by atoms with Crippen molar-refractivity contribution in [2.24, 2.45) is 5.92 Å². The first-order chi connectivity index (χ1) is 25.3. The van der Waals surface area contributed by atoms with Gasteiger partial charge in [0.2, 0.25) is 10.0 Å². The number of ether oxygens (including phenoxy) is 4. The first kappa shape index (κ1) is 38.6. The summed E-state index contributed by atoms with van der Waals surface area (Å²) < 4.78 is 82.8. The second-order valence-electron chi connectivity index (χ2n) is 12.7. The second-order valence-corrected chi connectivity index (χ2v) is 15.3. The van der Waals surface area contributed by atoms with Crippen LogP contribution in [0, 0.1) is 11.1 Å². The number of nitrogens with one attached hydrogen (secondary N) is 1. The van der Waals surface area contributed by atoms with E-state index < -0.39 is 41.0 Å². The molecule has 1 aliphatic heterocycles. The average molecular weight is 802 g/mol. The smallest absolute Gasteiger partial charge is 0.420 e. The topological polar surface area (TPSA) is 165 Å². The number of hydrogen-bond donors (Lipinski definition) is 1. The number of morpholine rings is 1. The lowest BCUT2D eigenvalue weighted by Crippen LogP contribution is -2.37. The summed E-state index contributed by atoms with van der Waals surface area (Å²) in [7, 11) is -3.72. The summed E-state index contributed by atoms with van der Waals surface area (Å²) in [6.07, 6.45) is 3.11. The molecule has 0 spiro atoms. The third kappa shape index (κ3) is 10.5. The van der Waals surface area contributed by atoms with E-state index in [1.165, 1.54) is 36.4 Å². The number of nitrogens with zero attached hydrogens (tertiary/aromatic N) is 3. The Balaban J connectivity index is 1.20. The van der Waals surface area contributed by atoms with Crippen molar-refractivity contribution in [3.8, 4) is 11.5 Å². The number of oxazole rings is 1. The highest BCUT2D eigenvalue weighted by molar-refractivity contribution is 7.92. The summed E-state index contributed by atoms with van der Waals surface area (Å²) in [6.45, 7) is -0.155. The minimum atomic E-state index is -3.72. The number of halogens is 4. The molecule has 0 amide bonds. The van der Waals surface area contributed by atoms with Gasteiger partial charge in [-0.1, -0.05) is 29.3 Å². The van der Waals surface area contributed by atoms with Crippen LogP contribution < -0.4 is 24.7 Å². The predicted molar refractivity (Wildman–Crippen MR) is 189 cm³/mol. The molecule has 14 nitrogen and oxygen atoms in total. The lowest BCUT2D eigenvalue weighted by molar-refractivity contribution is -0.605. The average Bonchev–Trinajstić information content (AvgIpc) is 3.88. The minimum Gasteiger partial charge on any atom is -0.619 e. The largest absolute Gasteiger partial charge is 0.619 e. The van der Waals surface area contributed by atoms with E-state index in [9.17, 15) is 32.0 Å². The maximum Gasteiger partial charge on any atom is 0.420 e. The lowest BCUT2D eigenvalue weighted by Gasteiger charge is -2.26. The zero-order chi connectivity index (χ0) is 37.7. The van der Waals surface area contributed by atoms with Crippen LogP contribution in [0.3, 0.4) is 0 Å². The quantitative estimate of drug-likeness (QED) is 0.0876. The molecular formula is C34H36Cl2F2N4O10S. The number of hydrogen-bond acceptors (Lipinski definition) is 11. The van der Waals surface area contributed by atoms with Crippen LogP contribution in [0.15, 0.2) is 58.0 Å². The number of fused-ring (bicyclic) bond motifs is 1. The highest BCUT2D eigenvalue weighted by Gasteiger charge is 2.27. The number of aromatic nitrogens is 2. The van der Waals surface area contributed by atoms with E-state index in [2.05, 4.69) is 14.4 Å². The van der Waals surface area contributed by atoms with Gasteiger partial charge in [-0.2, -0.15) is 13.5 Å². The molecular weight excluding hydrogens is 765 g/mol. The molecule has 19 heteroatoms. The molecule has 2 aromatic carbocycles. The number of sulfonamides is 1. The summed E-state index contributed by atoms with van der Waals surface area (Å²) in [5.74, 6) is -1.87. The van der Waals surface area contributed by atoms with Gasteiger partial charge in [0.15, 0.2) is 29.5 Å². The fraction of sp³-hybridized carbons (Fsp3) is 0.441. The Bertz CT molecular complexity index is 2080. The van der Waals surface area contributed by atoms with Gasteiger partial charge in [-0.15, -0.1) is 0 Å². The highest BCUT2D eigenvalue weighted by atomic mass is 35.5. The summed E-state index contributed by atoms with van der Waals surface area (Å²) in [4.78, 5) is 28.5. The Morgan fingerprint density at radius 1 is 1.08 bits per heavy atom. The molecule has 0 radical (unpaired) electrons. The normalized spacial score (nSPS) is 15.8. The van der Waals surface area contributed by atoms with Gasteiger partial charge in [-0.05, 0) is 61.6 Å². The Hall–Kier alpha value is -4.16. The Morgan fingerprint density at radius 3 is 2.51 bits per heavy atom. The van der Waals surface area contributed by atoms with Crippen LogP contribution in [0.2, 0.25) is 10.0 Å². The molecule has 1 saturated carbocycles. The monoisotopic (exact) mass is 800 g/mol. The van der Waals surface area contributed by atoms with Gasteiger partial charge < -0.3 is 28.6 Å². The first-order valence-electron chi connectivity index (χ1n) is 16.8. The number of alkyl halides is 2. The van der Waals surface area contributed by atoms with Gasteiger partial charge in [-0.25, -0.2) is 13.2 Å². The summed E-state index contributed by atoms with van der Waals surface area (Å²) in [5, 5.41) is 11.9. The number of rotatable bonds is 17. The van der Waals surface area contributed by atoms with Gasteiger partial charge in [0.25, 0.3) is 0 Å². The van der Waals surface area contributed by atoms with Crippen LogP contribution in [0.4, 0.5) is 14.5 Å². The molecule has 4 aromatic rings. The van der Waals surface area contributed by atoms with Gasteiger partial charge in [-0.3, -0.25) is 19.0 Å². The molecule has 2 aliphatic rings. The zero-order valence-electron chi connectivity index (χ0n) is 28.2. The van der Waals surface area contributed by atoms with Crippen LogP contribution >= 0.6 is 23.2 Å². The van der Waals surface area contributed by atoms with Crippen LogP contribution in [0.1, 0.15) is 36.5 Å². The number of esters is 1. The first-order valence-corrected chi connectivity index (χ1v) is 19.2. The van der Waals surface area contributed by atoms with E-state index >= 15 is 0 Å². The van der Waals surface area contributed by atoms with Gasteiger partial charge in [0, 0.05) is 31.1 Å². The fourth-order valence-electron chi connectivity index (χ4n) is 5.80. The molecule has 2 aromatic heterocycles. The third-order valence-electron chi connectivity index (χ3n) is 8.67. The number of pyridine rings is 1. The maximum absolute atomic E-state index is 13.5. The van der Waals surface area contributed by atoms with Crippen LogP contribution in [-0.2, 0) is 37.3 Å². The molecule has 3 heterocycles. The highest BCUT2D eigenvalue weighted by Crippen LogP contribution is 2.38. The van der Waals surface area contributed by atoms with Crippen LogP contribution in [0.5, 0.6) is 11.5 Å². The van der Waals surface area contributed by atoms with Crippen molar-refractivity contribution in [3.63, 3.8) is 0 Å². The van der Waals surface area contributed by atoms with E-state index in [4.69, 9.17) is 41.8 Å². The second kappa shape index (κ2) is 16.9. The molecule has 6 rings (SSSR count). The molecule has 2 fully saturated rings. The molecule has 53 heavy (non-hydrogen) atoms. The molecule has 1 atom stereocenters. The Labute approximate surface area is 312 Å². The van der Waals surface area contributed by atoms with Crippen molar-refractivity contribution in [2.45, 2.75) is 44.9 Å². The zero-order valence-corrected chi connectivity index (χ0v) is 30.5. The van der Waals surface area contributed by atoms with Crippen molar-refractivity contribution >= 4 is 56.0 Å². The predicted octanol–water partition coefficient (Wildman–Crippen LogP) is 4.92. The molecule has 0 unspecified atom stereocenters. The Morgan fingerprint density at radius 2 is 1.81 bits per heavy atom. The van der Waals surface area contributed by atoms with Gasteiger partial charge >= 0.3 is 18.3 Å². The van der Waals surface area contributed by atoms with E-state index in [1.807, 2.05) is 0 Å². The van der Waals surface area contributed by atoms with Crippen molar-refractivity contribution in [3.05, 3.63) is 85.7 Å². The molecule has 286 valence electrons. The van der Waals surface area contributed by atoms with E-state index in [1.54, 1.807) is 0 Å². The van der Waals surface area contributed by atoms with Crippen LogP contribution in [0.25, 0.3) is 11.1 Å². The van der Waals surface area contributed by atoms with E-state index in [-0.39, 0.29) is 68.6 Å². The lowest BCUT2D eigenvalue weighted by atomic mass is 10.0. The molecule has 1 aliphatic carbocycles. The number of carbonyl (C=O) groups excluding carboxylic acids is 1. The van der Waals surface area contributed by atoms with Crippen molar-refractivity contribution < 1.29 is 50.1 Å². The number of anilines is 1. The summed E-state index contributed by atoms with van der Waals surface area (Å²) >= 11 is 12.7. The molecule has 1 saturated heterocycles. The van der Waals surface area contributed by atoms with E-state index in [0.717, 1.165) is 42.9 Å². The SMILES string of the molecule is O=C(Cn1c(=O)oc2cc(NS(=O)(=O)CCCN3CCOCC3)ccc21)O[C@@H](Cc1c(Cl)c[n+]([O-])cc1Cl)c1ccc(OC(F)F)c(OCC2CC2)c1. The number of benzene rings is 2. The van der Waals surface area contributed by atoms with E-state index in [0.29, 0.717) is 36.5 Å². The van der Waals surface area contributed by atoms with Crippen molar-refractivity contribution in [1.82, 2.24) is 9.47 Å². The van der Waals surface area contributed by atoms with Crippen LogP contribution in [-0.4, -0.2) is 75.7 Å². The third-order valence-corrected chi connectivity index (χ3v) is 10.7. The molecule has 0 bridgehead atoms. The summed E-state index contributed by atoms with van der Waals surface area (Å²) in [5.41, 5.74) is 0.935. The standard InChI is InChI=1S/C34H36Cl2F2N4O10S/c35-25-17-41(45)18-26(36)24(25)16-29(22-4-7-28(51-33(37)38)31(14-22)49-20-21-2-3-21)50-32(43)19-42-27-6-5-23(15-30(27)52-34(42)44)39-53(46,47)13-1-8-40-9-11-48-12-10-40/h4-7,14-15,17-18,21,29,33,39H,1-3,8-13,16,19-20H2/t29-/m0/s1. The number of carbonyl (C=O) groups is 1. The Kier molecular flexibility index (Phi) is 12.3. The molecule has 1 N–H and O–H groups in total. The minimum absolute atomic E-state index is 0.000943. The van der Waals surface area contributed by atoms with Crippen molar-refractivity contribution in [2.75, 3.05) is 49.9 Å². The maximum atomic E-state index is 13.5. The fourth-order valence-corrected chi connectivity index (χ4v) is 7.50. The van der Waals surface area contributed by atoms with Gasteiger partial charge in [0.05, 0.1) is 36.8 Å². The summed E-state index contributed by atoms with van der Waals surface area (Å²) in [6, 6.07) is 8.28. The van der Waals surface area contributed by atoms with Crippen molar-refractivity contribution in [1.29, 1.82) is 0 Å².